The van der Waals surface area contributed by atoms with Crippen LogP contribution in [0, 0.1) is 12.8 Å². The Labute approximate surface area is 108 Å². The third-order valence-electron chi connectivity index (χ3n) is 2.90. The zero-order valence-electron chi connectivity index (χ0n) is 11.1. The van der Waals surface area contributed by atoms with Crippen molar-refractivity contribution in [1.29, 1.82) is 0 Å². The lowest BCUT2D eigenvalue weighted by Gasteiger charge is -2.15. The van der Waals surface area contributed by atoms with E-state index in [-0.39, 0.29) is 23.7 Å². The number of amides is 1. The fourth-order valence-corrected chi connectivity index (χ4v) is 1.90. The summed E-state index contributed by atoms with van der Waals surface area (Å²) in [6, 6.07) is 4.89. The van der Waals surface area contributed by atoms with Gasteiger partial charge in [-0.25, -0.2) is 0 Å². The molecule has 1 amide bonds. The normalized spacial score (nSPS) is 14.0. The van der Waals surface area contributed by atoms with Gasteiger partial charge in [0, 0.05) is 17.7 Å². The Balaban J connectivity index is 2.58. The van der Waals surface area contributed by atoms with E-state index in [4.69, 9.17) is 0 Å². The first kappa shape index (κ1) is 14.5. The zero-order valence-corrected chi connectivity index (χ0v) is 11.1. The molecule has 0 heterocycles. The van der Waals surface area contributed by atoms with Crippen molar-refractivity contribution in [2.45, 2.75) is 33.3 Å². The summed E-state index contributed by atoms with van der Waals surface area (Å²) in [6.45, 7) is 5.93. The van der Waals surface area contributed by atoms with Gasteiger partial charge in [-0.2, -0.15) is 0 Å². The molecule has 3 N–H and O–H groups in total. The van der Waals surface area contributed by atoms with E-state index in [1.54, 1.807) is 32.0 Å². The molecule has 0 aliphatic rings. The van der Waals surface area contributed by atoms with Crippen LogP contribution in [-0.2, 0) is 0 Å². The maximum absolute atomic E-state index is 11.9. The number of carbonyl (C=O) groups excluding carboxylic acids is 1. The van der Waals surface area contributed by atoms with Gasteiger partial charge in [-0.1, -0.05) is 13.0 Å². The van der Waals surface area contributed by atoms with Crippen LogP contribution in [0.25, 0.3) is 0 Å². The lowest BCUT2D eigenvalue weighted by molar-refractivity contribution is 0.0938. The van der Waals surface area contributed by atoms with Gasteiger partial charge in [-0.05, 0) is 38.3 Å². The molecule has 100 valence electrons. The van der Waals surface area contributed by atoms with Gasteiger partial charge in [0.05, 0.1) is 6.10 Å². The van der Waals surface area contributed by atoms with Crippen molar-refractivity contribution in [1.82, 2.24) is 5.32 Å². The van der Waals surface area contributed by atoms with Crippen LogP contribution in [0.5, 0.6) is 5.75 Å². The third kappa shape index (κ3) is 4.04. The summed E-state index contributed by atoms with van der Waals surface area (Å²) >= 11 is 0. The molecular formula is C14H21NO3. The topological polar surface area (TPSA) is 69.6 Å². The predicted molar refractivity (Wildman–Crippen MR) is 70.6 cm³/mol. The van der Waals surface area contributed by atoms with E-state index in [9.17, 15) is 15.0 Å². The highest BCUT2D eigenvalue weighted by Gasteiger charge is 2.13. The van der Waals surface area contributed by atoms with E-state index < -0.39 is 0 Å². The van der Waals surface area contributed by atoms with Gasteiger partial charge in [-0.15, -0.1) is 0 Å². The lowest BCUT2D eigenvalue weighted by Crippen LogP contribution is -2.29. The van der Waals surface area contributed by atoms with Crippen molar-refractivity contribution in [2.75, 3.05) is 6.54 Å². The Morgan fingerprint density at radius 2 is 2.06 bits per heavy atom. The molecule has 4 heteroatoms. The van der Waals surface area contributed by atoms with Gasteiger partial charge >= 0.3 is 0 Å². The lowest BCUT2D eigenvalue weighted by atomic mass is 10.0. The minimum atomic E-state index is -0.362. The van der Waals surface area contributed by atoms with Crippen LogP contribution >= 0.6 is 0 Å². The Morgan fingerprint density at radius 1 is 1.39 bits per heavy atom. The summed E-state index contributed by atoms with van der Waals surface area (Å²) in [7, 11) is 0. The summed E-state index contributed by atoms with van der Waals surface area (Å²) in [5.74, 6) is 0.145. The number of phenolic OH excluding ortho intramolecular Hbond substituents is 1. The Morgan fingerprint density at radius 3 is 2.67 bits per heavy atom. The second-order valence-corrected chi connectivity index (χ2v) is 4.85. The quantitative estimate of drug-likeness (QED) is 0.748. The van der Waals surface area contributed by atoms with E-state index >= 15 is 0 Å². The number of aliphatic hydroxyl groups excluding tert-OH is 1. The molecule has 1 aromatic carbocycles. The summed E-state index contributed by atoms with van der Waals surface area (Å²) in [4.78, 5) is 11.9. The molecule has 0 saturated heterocycles. The zero-order chi connectivity index (χ0) is 13.7. The molecule has 2 atom stereocenters. The fourth-order valence-electron chi connectivity index (χ4n) is 1.90. The van der Waals surface area contributed by atoms with Gasteiger partial charge in [0.25, 0.3) is 5.91 Å². The number of rotatable bonds is 5. The van der Waals surface area contributed by atoms with Crippen molar-refractivity contribution in [3.8, 4) is 5.75 Å². The van der Waals surface area contributed by atoms with Crippen LogP contribution in [0.1, 0.15) is 36.2 Å². The van der Waals surface area contributed by atoms with Crippen LogP contribution in [-0.4, -0.2) is 28.8 Å². The number of benzene rings is 1. The van der Waals surface area contributed by atoms with E-state index in [0.29, 0.717) is 24.1 Å². The molecule has 0 fully saturated rings. The minimum Gasteiger partial charge on any atom is -0.508 e. The summed E-state index contributed by atoms with van der Waals surface area (Å²) in [5.41, 5.74) is 1.07. The minimum absolute atomic E-state index is 0.125. The monoisotopic (exact) mass is 251 g/mol. The molecule has 4 nitrogen and oxygen atoms in total. The maximum atomic E-state index is 11.9. The molecule has 18 heavy (non-hydrogen) atoms. The molecule has 0 radical (unpaired) electrons. The highest BCUT2D eigenvalue weighted by molar-refractivity contribution is 5.96. The number of hydrogen-bond acceptors (Lipinski definition) is 3. The Bertz CT molecular complexity index is 416. The largest absolute Gasteiger partial charge is 0.508 e. The molecule has 0 saturated carbocycles. The second kappa shape index (κ2) is 6.40. The van der Waals surface area contributed by atoms with E-state index in [1.807, 2.05) is 6.92 Å². The number of carbonyl (C=O) groups is 1. The molecular weight excluding hydrogens is 230 g/mol. The SMILES string of the molecule is Cc1c(O)cccc1C(=O)NCC(C)CC(C)O. The standard InChI is InChI=1S/C14H21NO3/c1-9(7-10(2)16)8-15-14(18)12-5-4-6-13(17)11(12)3/h4-6,9-10,16-17H,7-8H2,1-3H3,(H,15,18). The van der Waals surface area contributed by atoms with Crippen molar-refractivity contribution >= 4 is 5.91 Å². The van der Waals surface area contributed by atoms with Gasteiger partial charge in [0.1, 0.15) is 5.75 Å². The van der Waals surface area contributed by atoms with E-state index in [2.05, 4.69) is 5.32 Å². The van der Waals surface area contributed by atoms with E-state index in [1.165, 1.54) is 0 Å². The molecule has 0 spiro atoms. The van der Waals surface area contributed by atoms with Gasteiger partial charge in [0.15, 0.2) is 0 Å². The molecule has 2 unspecified atom stereocenters. The molecule has 0 aliphatic heterocycles. The van der Waals surface area contributed by atoms with Crippen LogP contribution < -0.4 is 5.32 Å². The summed E-state index contributed by atoms with van der Waals surface area (Å²) in [5, 5.41) is 21.6. The van der Waals surface area contributed by atoms with Crippen LogP contribution in [0.4, 0.5) is 0 Å². The molecule has 0 aromatic heterocycles. The van der Waals surface area contributed by atoms with Gasteiger partial charge in [0.2, 0.25) is 0 Å². The average Bonchev–Trinajstić information content (AvgIpc) is 2.29. The van der Waals surface area contributed by atoms with Crippen molar-refractivity contribution in [2.24, 2.45) is 5.92 Å². The van der Waals surface area contributed by atoms with Crippen LogP contribution in [0.15, 0.2) is 18.2 Å². The Hall–Kier alpha value is -1.55. The van der Waals surface area contributed by atoms with Gasteiger partial charge in [-0.3, -0.25) is 4.79 Å². The van der Waals surface area contributed by atoms with E-state index in [0.717, 1.165) is 0 Å². The molecule has 0 bridgehead atoms. The van der Waals surface area contributed by atoms with Crippen LogP contribution in [0.3, 0.4) is 0 Å². The first-order valence-electron chi connectivity index (χ1n) is 6.16. The first-order valence-corrected chi connectivity index (χ1v) is 6.16. The number of aromatic hydroxyl groups is 1. The summed E-state index contributed by atoms with van der Waals surface area (Å²) < 4.78 is 0. The smallest absolute Gasteiger partial charge is 0.251 e. The number of aliphatic hydroxyl groups is 1. The summed E-state index contributed by atoms with van der Waals surface area (Å²) in [6.07, 6.45) is 0.290. The highest BCUT2D eigenvalue weighted by Crippen LogP contribution is 2.19. The second-order valence-electron chi connectivity index (χ2n) is 4.85. The fraction of sp³-hybridized carbons (Fsp3) is 0.500. The number of hydrogen-bond donors (Lipinski definition) is 3. The Kier molecular flexibility index (Phi) is 5.16. The van der Waals surface area contributed by atoms with Crippen molar-refractivity contribution in [3.63, 3.8) is 0 Å². The molecule has 1 rings (SSSR count). The molecule has 0 aliphatic carbocycles. The predicted octanol–water partition coefficient (Wildman–Crippen LogP) is 1.84. The average molecular weight is 251 g/mol. The van der Waals surface area contributed by atoms with Gasteiger partial charge < -0.3 is 15.5 Å². The number of phenols is 1. The van der Waals surface area contributed by atoms with Crippen molar-refractivity contribution < 1.29 is 15.0 Å². The first-order chi connectivity index (χ1) is 8.41. The number of nitrogens with one attached hydrogen (secondary N) is 1. The molecule has 1 aromatic rings. The third-order valence-corrected chi connectivity index (χ3v) is 2.90. The highest BCUT2D eigenvalue weighted by atomic mass is 16.3. The van der Waals surface area contributed by atoms with Crippen LogP contribution in [0.2, 0.25) is 0 Å². The van der Waals surface area contributed by atoms with Crippen molar-refractivity contribution in [3.05, 3.63) is 29.3 Å². The maximum Gasteiger partial charge on any atom is 0.251 e.